The van der Waals surface area contributed by atoms with Gasteiger partial charge in [0.1, 0.15) is 0 Å². The smallest absolute Gasteiger partial charge is 0.226 e. The van der Waals surface area contributed by atoms with Crippen LogP contribution in [0.15, 0.2) is 41.6 Å². The van der Waals surface area contributed by atoms with Gasteiger partial charge in [-0.1, -0.05) is 51.1 Å². The minimum absolute atomic E-state index is 0.0774. The molecule has 2 saturated carbocycles. The number of rotatable bonds is 4. The molecule has 2 atom stereocenters. The molecule has 1 aromatic carbocycles. The zero-order valence-electron chi connectivity index (χ0n) is 14.4. The van der Waals surface area contributed by atoms with Crippen molar-refractivity contribution in [3.63, 3.8) is 0 Å². The molecule has 1 aromatic rings. The Labute approximate surface area is 138 Å². The highest BCUT2D eigenvalue weighted by molar-refractivity contribution is 6.01. The van der Waals surface area contributed by atoms with E-state index in [9.17, 15) is 9.59 Å². The molecule has 2 aliphatic rings. The van der Waals surface area contributed by atoms with Crippen LogP contribution in [0, 0.1) is 17.3 Å². The molecule has 0 radical (unpaired) electrons. The van der Waals surface area contributed by atoms with Crippen LogP contribution in [0.3, 0.4) is 0 Å². The van der Waals surface area contributed by atoms with Crippen molar-refractivity contribution < 1.29 is 9.59 Å². The van der Waals surface area contributed by atoms with Crippen molar-refractivity contribution in [2.24, 2.45) is 17.3 Å². The van der Waals surface area contributed by atoms with Gasteiger partial charge in [0.2, 0.25) is 5.91 Å². The Hall–Kier alpha value is -1.90. The maximum absolute atomic E-state index is 12.5. The molecule has 0 bridgehead atoms. The third-order valence-corrected chi connectivity index (χ3v) is 5.65. The number of hydrogen-bond donors (Lipinski definition) is 0. The van der Waals surface area contributed by atoms with Gasteiger partial charge in [0.25, 0.3) is 0 Å². The van der Waals surface area contributed by atoms with Crippen molar-refractivity contribution in [2.75, 3.05) is 0 Å². The fourth-order valence-corrected chi connectivity index (χ4v) is 4.10. The summed E-state index contributed by atoms with van der Waals surface area (Å²) in [5.74, 6) is 1.11. The van der Waals surface area contributed by atoms with E-state index < -0.39 is 0 Å². The van der Waals surface area contributed by atoms with Gasteiger partial charge in [-0.05, 0) is 29.7 Å². The highest BCUT2D eigenvalue weighted by Gasteiger charge is 2.65. The molecule has 0 N–H and O–H groups in total. The van der Waals surface area contributed by atoms with Crippen LogP contribution in [-0.2, 0) is 16.1 Å². The molecular formula is C20H25NO2. The van der Waals surface area contributed by atoms with Crippen LogP contribution in [0.5, 0.6) is 0 Å². The zero-order chi connectivity index (χ0) is 16.8. The quantitative estimate of drug-likeness (QED) is 0.790. The molecule has 122 valence electrons. The first kappa shape index (κ1) is 16.0. The third-order valence-electron chi connectivity index (χ3n) is 5.65. The summed E-state index contributed by atoms with van der Waals surface area (Å²) in [5, 5.41) is 0. The number of hydrogen-bond acceptors (Lipinski definition) is 2. The summed E-state index contributed by atoms with van der Waals surface area (Å²) in [4.78, 5) is 26.7. The molecule has 2 aliphatic carbocycles. The Morgan fingerprint density at radius 2 is 1.91 bits per heavy atom. The molecule has 2 fully saturated rings. The first-order valence-electron chi connectivity index (χ1n) is 8.46. The topological polar surface area (TPSA) is 37.4 Å². The number of nitrogens with zero attached hydrogens (tertiary/aromatic N) is 1. The van der Waals surface area contributed by atoms with Gasteiger partial charge in [-0.15, -0.1) is 0 Å². The minimum atomic E-state index is 0.0774. The summed E-state index contributed by atoms with van der Waals surface area (Å²) in [7, 11) is 0. The predicted molar refractivity (Wildman–Crippen MR) is 90.4 cm³/mol. The summed E-state index contributed by atoms with van der Waals surface area (Å²) in [6.07, 6.45) is 1.09. The number of Topliss-reactive ketones (excluding diaryl/α,β-unsaturated/α-hetero) is 1. The monoisotopic (exact) mass is 311 g/mol. The van der Waals surface area contributed by atoms with Crippen molar-refractivity contribution in [1.82, 2.24) is 4.90 Å². The lowest BCUT2D eigenvalue weighted by atomic mass is 9.95. The number of fused-ring (bicyclic) bond motifs is 1. The van der Waals surface area contributed by atoms with Crippen molar-refractivity contribution >= 4 is 11.7 Å². The lowest BCUT2D eigenvalue weighted by molar-refractivity contribution is -0.129. The fourth-order valence-electron chi connectivity index (χ4n) is 4.10. The third kappa shape index (κ3) is 2.62. The average molecular weight is 311 g/mol. The first-order valence-corrected chi connectivity index (χ1v) is 8.46. The van der Waals surface area contributed by atoms with E-state index >= 15 is 0 Å². The molecule has 1 amide bonds. The summed E-state index contributed by atoms with van der Waals surface area (Å²) >= 11 is 0. The normalized spacial score (nSPS) is 26.7. The second kappa shape index (κ2) is 5.63. The van der Waals surface area contributed by atoms with E-state index in [2.05, 4.69) is 13.8 Å². The van der Waals surface area contributed by atoms with Crippen LogP contribution >= 0.6 is 0 Å². The molecule has 3 heteroatoms. The van der Waals surface area contributed by atoms with Crippen molar-refractivity contribution in [2.45, 2.75) is 47.1 Å². The maximum Gasteiger partial charge on any atom is 0.226 e. The molecule has 3 rings (SSSR count). The van der Waals surface area contributed by atoms with Gasteiger partial charge in [0, 0.05) is 24.1 Å². The van der Waals surface area contributed by atoms with E-state index in [0.29, 0.717) is 31.2 Å². The van der Waals surface area contributed by atoms with Crippen molar-refractivity contribution in [3.05, 3.63) is 47.2 Å². The Morgan fingerprint density at radius 3 is 2.48 bits per heavy atom. The second-order valence-corrected chi connectivity index (χ2v) is 7.35. The van der Waals surface area contributed by atoms with E-state index in [1.807, 2.05) is 44.2 Å². The summed E-state index contributed by atoms with van der Waals surface area (Å²) in [6.45, 7) is 8.81. The Balaban J connectivity index is 1.95. The summed E-state index contributed by atoms with van der Waals surface area (Å²) in [6, 6.07) is 9.97. The van der Waals surface area contributed by atoms with Crippen LogP contribution < -0.4 is 0 Å². The van der Waals surface area contributed by atoms with Gasteiger partial charge < -0.3 is 4.90 Å². The maximum atomic E-state index is 12.5. The summed E-state index contributed by atoms with van der Waals surface area (Å²) in [5.41, 5.74) is 3.06. The van der Waals surface area contributed by atoms with Crippen molar-refractivity contribution in [3.8, 4) is 0 Å². The molecule has 3 nitrogen and oxygen atoms in total. The number of carbonyl (C=O) groups excluding carboxylic acids is 2. The number of amides is 1. The Bertz CT molecular complexity index is 672. The van der Waals surface area contributed by atoms with E-state index in [1.165, 1.54) is 0 Å². The first-order chi connectivity index (χ1) is 10.9. The highest BCUT2D eigenvalue weighted by atomic mass is 16.2. The SMILES string of the molecule is CCC(=O)N(Cc1ccccc1)/C(C)=C1\C(=O)CC2C1C2(C)C. The molecule has 0 saturated heterocycles. The standard InChI is InChI=1S/C20H25NO2/c1-5-17(23)21(12-14-9-7-6-8-10-14)13(2)18-16(22)11-15-19(18)20(15,3)4/h6-10,15,19H,5,11-12H2,1-4H3/b18-13+. The van der Waals surface area contributed by atoms with Gasteiger partial charge in [0.15, 0.2) is 5.78 Å². The van der Waals surface area contributed by atoms with Gasteiger partial charge >= 0.3 is 0 Å². The molecule has 23 heavy (non-hydrogen) atoms. The Morgan fingerprint density at radius 1 is 1.26 bits per heavy atom. The predicted octanol–water partition coefficient (Wildman–Crippen LogP) is 3.94. The molecule has 0 spiro atoms. The van der Waals surface area contributed by atoms with Crippen LogP contribution in [0.4, 0.5) is 0 Å². The number of ketones is 1. The van der Waals surface area contributed by atoms with Crippen molar-refractivity contribution in [1.29, 1.82) is 0 Å². The van der Waals surface area contributed by atoms with E-state index in [4.69, 9.17) is 0 Å². The fraction of sp³-hybridized carbons (Fsp3) is 0.500. The zero-order valence-corrected chi connectivity index (χ0v) is 14.4. The minimum Gasteiger partial charge on any atom is -0.312 e. The average Bonchev–Trinajstić information content (AvgIpc) is 2.89. The van der Waals surface area contributed by atoms with E-state index in [-0.39, 0.29) is 17.1 Å². The van der Waals surface area contributed by atoms with Crippen LogP contribution in [0.2, 0.25) is 0 Å². The number of allylic oxidation sites excluding steroid dienone is 2. The van der Waals surface area contributed by atoms with E-state index in [1.54, 1.807) is 4.90 Å². The largest absolute Gasteiger partial charge is 0.312 e. The lowest BCUT2D eigenvalue weighted by Gasteiger charge is -2.26. The summed E-state index contributed by atoms with van der Waals surface area (Å²) < 4.78 is 0. The molecular weight excluding hydrogens is 286 g/mol. The van der Waals surface area contributed by atoms with Gasteiger partial charge in [0.05, 0.1) is 6.54 Å². The van der Waals surface area contributed by atoms with E-state index in [0.717, 1.165) is 16.8 Å². The number of carbonyl (C=O) groups is 2. The number of benzene rings is 1. The van der Waals surface area contributed by atoms with Crippen LogP contribution in [0.25, 0.3) is 0 Å². The Kier molecular flexibility index (Phi) is 3.91. The highest BCUT2D eigenvalue weighted by Crippen LogP contribution is 2.68. The van der Waals surface area contributed by atoms with Gasteiger partial charge in [-0.3, -0.25) is 9.59 Å². The molecule has 2 unspecified atom stereocenters. The molecule has 0 heterocycles. The molecule has 0 aliphatic heterocycles. The van der Waals surface area contributed by atoms with Gasteiger partial charge in [-0.25, -0.2) is 0 Å². The lowest BCUT2D eigenvalue weighted by Crippen LogP contribution is -2.30. The van der Waals surface area contributed by atoms with Crippen LogP contribution in [-0.4, -0.2) is 16.6 Å². The van der Waals surface area contributed by atoms with Gasteiger partial charge in [-0.2, -0.15) is 0 Å². The van der Waals surface area contributed by atoms with Crippen LogP contribution in [0.1, 0.15) is 46.1 Å². The second-order valence-electron chi connectivity index (χ2n) is 7.35. The molecule has 0 aromatic heterocycles.